The fourth-order valence-electron chi connectivity index (χ4n) is 2.46. The molecular weight excluding hydrogens is 425 g/mol. The second-order valence-electron chi connectivity index (χ2n) is 5.38. The third kappa shape index (κ3) is 3.25. The Morgan fingerprint density at radius 2 is 2.04 bits per heavy atom. The standard InChI is InChI=1S/C17H10BrClFN5O/c18-11-8-21-17(22-16(11)19)14-7-15(13-5-6-26-24-13)25(23-14)9-10-3-1-2-4-12(10)20/h1-8H,9H2. The Bertz CT molecular complexity index is 1070. The van der Waals surface area contributed by atoms with Crippen LogP contribution in [0.4, 0.5) is 4.39 Å². The number of halogens is 3. The van der Waals surface area contributed by atoms with Crippen molar-refractivity contribution >= 4 is 27.5 Å². The Hall–Kier alpha value is -2.58. The molecular formula is C17H10BrClFN5O. The van der Waals surface area contributed by atoms with Gasteiger partial charge in [0.1, 0.15) is 28.6 Å². The van der Waals surface area contributed by atoms with Gasteiger partial charge in [0.2, 0.25) is 0 Å². The fourth-order valence-corrected chi connectivity index (χ4v) is 2.78. The molecule has 0 fully saturated rings. The van der Waals surface area contributed by atoms with Gasteiger partial charge in [-0.15, -0.1) is 0 Å². The highest BCUT2D eigenvalue weighted by atomic mass is 79.9. The molecule has 130 valence electrons. The predicted octanol–water partition coefficient (Wildman–Crippen LogP) is 4.60. The van der Waals surface area contributed by atoms with Crippen molar-refractivity contribution in [1.29, 1.82) is 0 Å². The van der Waals surface area contributed by atoms with Gasteiger partial charge in [-0.2, -0.15) is 5.10 Å². The molecule has 0 unspecified atom stereocenters. The molecule has 0 spiro atoms. The van der Waals surface area contributed by atoms with Crippen molar-refractivity contribution in [2.75, 3.05) is 0 Å². The topological polar surface area (TPSA) is 69.6 Å². The second kappa shape index (κ2) is 6.97. The fraction of sp³-hybridized carbons (Fsp3) is 0.0588. The van der Waals surface area contributed by atoms with E-state index in [-0.39, 0.29) is 17.5 Å². The highest BCUT2D eigenvalue weighted by Gasteiger charge is 2.17. The first-order valence-electron chi connectivity index (χ1n) is 7.52. The Kier molecular flexibility index (Phi) is 4.52. The van der Waals surface area contributed by atoms with E-state index >= 15 is 0 Å². The number of benzene rings is 1. The first-order valence-corrected chi connectivity index (χ1v) is 8.69. The molecule has 0 aliphatic heterocycles. The van der Waals surface area contributed by atoms with Crippen LogP contribution in [0.1, 0.15) is 5.56 Å². The van der Waals surface area contributed by atoms with Gasteiger partial charge < -0.3 is 4.52 Å². The predicted molar refractivity (Wildman–Crippen MR) is 97.0 cm³/mol. The van der Waals surface area contributed by atoms with Crippen LogP contribution in [0.15, 0.2) is 57.9 Å². The van der Waals surface area contributed by atoms with E-state index in [1.54, 1.807) is 41.2 Å². The number of aromatic nitrogens is 5. The lowest BCUT2D eigenvalue weighted by atomic mass is 10.2. The van der Waals surface area contributed by atoms with E-state index in [4.69, 9.17) is 16.1 Å². The van der Waals surface area contributed by atoms with E-state index in [0.717, 1.165) is 0 Å². The molecule has 4 rings (SSSR count). The van der Waals surface area contributed by atoms with Crippen LogP contribution in [0.5, 0.6) is 0 Å². The van der Waals surface area contributed by atoms with Crippen molar-refractivity contribution in [2.24, 2.45) is 0 Å². The zero-order valence-electron chi connectivity index (χ0n) is 13.1. The van der Waals surface area contributed by atoms with Gasteiger partial charge in [0.25, 0.3) is 0 Å². The van der Waals surface area contributed by atoms with Gasteiger partial charge in [-0.3, -0.25) is 4.68 Å². The van der Waals surface area contributed by atoms with Crippen LogP contribution in [-0.2, 0) is 6.54 Å². The lowest BCUT2D eigenvalue weighted by Gasteiger charge is -2.06. The van der Waals surface area contributed by atoms with Crippen molar-refractivity contribution in [3.8, 4) is 22.9 Å². The van der Waals surface area contributed by atoms with Gasteiger partial charge in [-0.05, 0) is 28.1 Å². The number of hydrogen-bond acceptors (Lipinski definition) is 5. The first kappa shape index (κ1) is 16.9. The Balaban J connectivity index is 1.80. The van der Waals surface area contributed by atoms with Crippen LogP contribution in [0, 0.1) is 5.82 Å². The maximum absolute atomic E-state index is 14.1. The summed E-state index contributed by atoms with van der Waals surface area (Å²) in [5.74, 6) is 0.0498. The average Bonchev–Trinajstić information content (AvgIpc) is 3.29. The summed E-state index contributed by atoms with van der Waals surface area (Å²) in [7, 11) is 0. The summed E-state index contributed by atoms with van der Waals surface area (Å²) in [6, 6.07) is 10.00. The van der Waals surface area contributed by atoms with Crippen molar-refractivity contribution in [3.63, 3.8) is 0 Å². The largest absolute Gasteiger partial charge is 0.364 e. The Labute approximate surface area is 160 Å². The molecule has 26 heavy (non-hydrogen) atoms. The number of nitrogens with zero attached hydrogens (tertiary/aromatic N) is 5. The molecule has 0 N–H and O–H groups in total. The smallest absolute Gasteiger partial charge is 0.181 e. The third-order valence-electron chi connectivity index (χ3n) is 3.69. The molecule has 0 saturated heterocycles. The number of hydrogen-bond donors (Lipinski definition) is 0. The molecule has 0 radical (unpaired) electrons. The summed E-state index contributed by atoms with van der Waals surface area (Å²) in [6.45, 7) is 0.221. The third-order valence-corrected chi connectivity index (χ3v) is 4.79. The second-order valence-corrected chi connectivity index (χ2v) is 6.59. The van der Waals surface area contributed by atoms with Gasteiger partial charge >= 0.3 is 0 Å². The van der Waals surface area contributed by atoms with Gasteiger partial charge in [-0.25, -0.2) is 14.4 Å². The van der Waals surface area contributed by atoms with Gasteiger partial charge in [0.05, 0.1) is 16.7 Å². The SMILES string of the molecule is Fc1ccccc1Cn1nc(-c2ncc(Br)c(Cl)n2)cc1-c1ccon1. The van der Waals surface area contributed by atoms with Crippen LogP contribution in [0.2, 0.25) is 5.15 Å². The van der Waals surface area contributed by atoms with E-state index in [1.807, 2.05) is 0 Å². The zero-order chi connectivity index (χ0) is 18.1. The van der Waals surface area contributed by atoms with Crippen LogP contribution in [0.3, 0.4) is 0 Å². The summed E-state index contributed by atoms with van der Waals surface area (Å²) in [5, 5.41) is 8.74. The van der Waals surface area contributed by atoms with Gasteiger partial charge in [0.15, 0.2) is 5.82 Å². The van der Waals surface area contributed by atoms with Crippen LogP contribution in [-0.4, -0.2) is 24.9 Å². The minimum Gasteiger partial charge on any atom is -0.364 e. The van der Waals surface area contributed by atoms with E-state index in [9.17, 15) is 4.39 Å². The van der Waals surface area contributed by atoms with Crippen molar-refractivity contribution in [3.05, 3.63) is 69.9 Å². The summed E-state index contributed by atoms with van der Waals surface area (Å²) in [6.07, 6.45) is 3.01. The summed E-state index contributed by atoms with van der Waals surface area (Å²) >= 11 is 9.31. The lowest BCUT2D eigenvalue weighted by Crippen LogP contribution is -2.06. The van der Waals surface area contributed by atoms with Gasteiger partial charge in [0, 0.05) is 17.8 Å². The quantitative estimate of drug-likeness (QED) is 0.439. The molecule has 4 aromatic rings. The minimum atomic E-state index is -0.307. The molecule has 0 aliphatic rings. The van der Waals surface area contributed by atoms with Crippen molar-refractivity contribution in [1.82, 2.24) is 24.9 Å². The average molecular weight is 435 g/mol. The van der Waals surface area contributed by atoms with Crippen LogP contribution < -0.4 is 0 Å². The zero-order valence-corrected chi connectivity index (χ0v) is 15.4. The summed E-state index contributed by atoms with van der Waals surface area (Å²) < 4.78 is 21.2. The van der Waals surface area contributed by atoms with Crippen molar-refractivity contribution < 1.29 is 8.91 Å². The molecule has 1 aromatic carbocycles. The van der Waals surface area contributed by atoms with E-state index in [2.05, 4.69) is 36.2 Å². The summed E-state index contributed by atoms with van der Waals surface area (Å²) in [4.78, 5) is 8.45. The van der Waals surface area contributed by atoms with E-state index in [0.29, 0.717) is 32.9 Å². The van der Waals surface area contributed by atoms with E-state index in [1.165, 1.54) is 12.3 Å². The highest BCUT2D eigenvalue weighted by Crippen LogP contribution is 2.27. The van der Waals surface area contributed by atoms with Crippen molar-refractivity contribution in [2.45, 2.75) is 6.54 Å². The molecule has 6 nitrogen and oxygen atoms in total. The Morgan fingerprint density at radius 1 is 1.19 bits per heavy atom. The molecule has 0 saturated carbocycles. The lowest BCUT2D eigenvalue weighted by molar-refractivity contribution is 0.421. The molecule has 0 amide bonds. The van der Waals surface area contributed by atoms with Gasteiger partial charge in [-0.1, -0.05) is 35.0 Å². The van der Waals surface area contributed by atoms with Crippen LogP contribution >= 0.6 is 27.5 Å². The maximum Gasteiger partial charge on any atom is 0.181 e. The first-order chi connectivity index (χ1) is 12.6. The summed E-state index contributed by atoms with van der Waals surface area (Å²) in [5.41, 5.74) is 2.22. The van der Waals surface area contributed by atoms with Crippen LogP contribution in [0.25, 0.3) is 22.9 Å². The van der Waals surface area contributed by atoms with E-state index < -0.39 is 0 Å². The maximum atomic E-state index is 14.1. The Morgan fingerprint density at radius 3 is 2.77 bits per heavy atom. The number of rotatable bonds is 4. The molecule has 9 heteroatoms. The molecule has 0 aliphatic carbocycles. The highest BCUT2D eigenvalue weighted by molar-refractivity contribution is 9.10. The minimum absolute atomic E-state index is 0.221. The monoisotopic (exact) mass is 433 g/mol. The molecule has 3 aromatic heterocycles. The normalized spacial score (nSPS) is 11.0. The molecule has 3 heterocycles. The molecule has 0 atom stereocenters. The molecule has 0 bridgehead atoms.